The summed E-state index contributed by atoms with van der Waals surface area (Å²) < 4.78 is 0. The summed E-state index contributed by atoms with van der Waals surface area (Å²) in [6.45, 7) is 13.1. The first-order valence-corrected chi connectivity index (χ1v) is 8.79. The molecule has 0 amide bonds. The molecule has 1 unspecified atom stereocenters. The van der Waals surface area contributed by atoms with Gasteiger partial charge in [-0.25, -0.2) is 0 Å². The molecule has 3 nitrogen and oxygen atoms in total. The van der Waals surface area contributed by atoms with Crippen molar-refractivity contribution in [2.75, 3.05) is 39.8 Å². The Morgan fingerprint density at radius 3 is 2.55 bits per heavy atom. The van der Waals surface area contributed by atoms with E-state index in [1.807, 2.05) is 0 Å². The highest BCUT2D eigenvalue weighted by atomic mass is 15.2. The molecule has 1 saturated heterocycles. The van der Waals surface area contributed by atoms with Crippen LogP contribution in [0.5, 0.6) is 0 Å². The van der Waals surface area contributed by atoms with Gasteiger partial charge in [0.15, 0.2) is 0 Å². The van der Waals surface area contributed by atoms with Crippen molar-refractivity contribution >= 4 is 0 Å². The lowest BCUT2D eigenvalue weighted by Crippen LogP contribution is -2.40. The molecule has 1 heterocycles. The SMILES string of the molecule is CCC1CN(C)CCCN1CCCCCCNC(C)C. The zero-order valence-electron chi connectivity index (χ0n) is 14.3. The number of unbranched alkanes of at least 4 members (excludes halogenated alkanes) is 3. The minimum Gasteiger partial charge on any atom is -0.315 e. The van der Waals surface area contributed by atoms with Gasteiger partial charge in [0.05, 0.1) is 0 Å². The van der Waals surface area contributed by atoms with Gasteiger partial charge < -0.3 is 10.2 Å². The van der Waals surface area contributed by atoms with Gasteiger partial charge >= 0.3 is 0 Å². The Morgan fingerprint density at radius 2 is 1.85 bits per heavy atom. The summed E-state index contributed by atoms with van der Waals surface area (Å²) in [6.07, 6.45) is 8.11. The Kier molecular flexibility index (Phi) is 9.49. The van der Waals surface area contributed by atoms with Crippen molar-refractivity contribution in [2.45, 2.75) is 71.4 Å². The fourth-order valence-corrected chi connectivity index (χ4v) is 3.16. The molecule has 1 aliphatic heterocycles. The maximum atomic E-state index is 3.50. The van der Waals surface area contributed by atoms with Crippen LogP contribution in [0.15, 0.2) is 0 Å². The Hall–Kier alpha value is -0.120. The number of nitrogens with zero attached hydrogens (tertiary/aromatic N) is 2. The molecule has 1 rings (SSSR count). The number of hydrogen-bond donors (Lipinski definition) is 1. The summed E-state index contributed by atoms with van der Waals surface area (Å²) >= 11 is 0. The molecule has 0 bridgehead atoms. The smallest absolute Gasteiger partial charge is 0.0220 e. The van der Waals surface area contributed by atoms with Crippen LogP contribution in [0.1, 0.15) is 59.3 Å². The van der Waals surface area contributed by atoms with Crippen LogP contribution in [0.4, 0.5) is 0 Å². The van der Waals surface area contributed by atoms with E-state index >= 15 is 0 Å². The van der Waals surface area contributed by atoms with E-state index in [0.29, 0.717) is 6.04 Å². The fraction of sp³-hybridized carbons (Fsp3) is 1.00. The molecule has 0 spiro atoms. The second-order valence-corrected chi connectivity index (χ2v) is 6.74. The van der Waals surface area contributed by atoms with Crippen LogP contribution in [0.3, 0.4) is 0 Å². The van der Waals surface area contributed by atoms with Gasteiger partial charge in [0, 0.05) is 18.6 Å². The maximum absolute atomic E-state index is 3.50. The van der Waals surface area contributed by atoms with E-state index in [-0.39, 0.29) is 0 Å². The zero-order chi connectivity index (χ0) is 14.8. The van der Waals surface area contributed by atoms with Crippen LogP contribution >= 0.6 is 0 Å². The first-order chi connectivity index (χ1) is 9.63. The molecule has 1 fully saturated rings. The number of rotatable bonds is 9. The van der Waals surface area contributed by atoms with Gasteiger partial charge in [0.1, 0.15) is 0 Å². The van der Waals surface area contributed by atoms with Crippen molar-refractivity contribution in [3.05, 3.63) is 0 Å². The first-order valence-electron chi connectivity index (χ1n) is 8.79. The van der Waals surface area contributed by atoms with Gasteiger partial charge in [0.2, 0.25) is 0 Å². The average Bonchev–Trinajstić information content (AvgIpc) is 2.58. The van der Waals surface area contributed by atoms with Gasteiger partial charge in [0.25, 0.3) is 0 Å². The highest BCUT2D eigenvalue weighted by molar-refractivity contribution is 4.77. The molecule has 20 heavy (non-hydrogen) atoms. The fourth-order valence-electron chi connectivity index (χ4n) is 3.16. The Morgan fingerprint density at radius 1 is 1.10 bits per heavy atom. The lowest BCUT2D eigenvalue weighted by Gasteiger charge is -2.30. The average molecular weight is 284 g/mol. The molecule has 0 radical (unpaired) electrons. The monoisotopic (exact) mass is 283 g/mol. The van der Waals surface area contributed by atoms with Crippen LogP contribution in [-0.4, -0.2) is 61.7 Å². The summed E-state index contributed by atoms with van der Waals surface area (Å²) in [5.41, 5.74) is 0. The third-order valence-electron chi connectivity index (χ3n) is 4.42. The second-order valence-electron chi connectivity index (χ2n) is 6.74. The third-order valence-corrected chi connectivity index (χ3v) is 4.42. The normalized spacial score (nSPS) is 22.4. The maximum Gasteiger partial charge on any atom is 0.0220 e. The minimum atomic E-state index is 0.634. The van der Waals surface area contributed by atoms with Crippen LogP contribution < -0.4 is 5.32 Å². The van der Waals surface area contributed by atoms with Gasteiger partial charge in [-0.3, -0.25) is 4.90 Å². The topological polar surface area (TPSA) is 18.5 Å². The quantitative estimate of drug-likeness (QED) is 0.656. The molecule has 0 aliphatic carbocycles. The Balaban J connectivity index is 2.10. The molecule has 3 heteroatoms. The van der Waals surface area contributed by atoms with Crippen molar-refractivity contribution in [1.82, 2.24) is 15.1 Å². The summed E-state index contributed by atoms with van der Waals surface area (Å²) in [7, 11) is 2.27. The lowest BCUT2D eigenvalue weighted by atomic mass is 10.1. The Labute approximate surface area is 127 Å². The van der Waals surface area contributed by atoms with E-state index in [1.165, 1.54) is 71.2 Å². The minimum absolute atomic E-state index is 0.634. The summed E-state index contributed by atoms with van der Waals surface area (Å²) in [5.74, 6) is 0. The summed E-state index contributed by atoms with van der Waals surface area (Å²) in [5, 5.41) is 3.50. The molecule has 1 atom stereocenters. The molecule has 120 valence electrons. The van der Waals surface area contributed by atoms with Crippen molar-refractivity contribution in [2.24, 2.45) is 0 Å². The molecular weight excluding hydrogens is 246 g/mol. The standard InChI is InChI=1S/C17H37N3/c1-5-17-15-19(4)12-10-14-20(17)13-9-7-6-8-11-18-16(2)3/h16-18H,5-15H2,1-4H3. The van der Waals surface area contributed by atoms with Crippen molar-refractivity contribution in [3.8, 4) is 0 Å². The van der Waals surface area contributed by atoms with Crippen LogP contribution in [0.2, 0.25) is 0 Å². The highest BCUT2D eigenvalue weighted by Crippen LogP contribution is 2.13. The molecule has 0 aromatic carbocycles. The Bertz CT molecular complexity index is 230. The van der Waals surface area contributed by atoms with E-state index in [1.54, 1.807) is 0 Å². The lowest BCUT2D eigenvalue weighted by molar-refractivity contribution is 0.180. The highest BCUT2D eigenvalue weighted by Gasteiger charge is 2.20. The van der Waals surface area contributed by atoms with E-state index in [9.17, 15) is 0 Å². The largest absolute Gasteiger partial charge is 0.315 e. The third kappa shape index (κ3) is 7.61. The summed E-state index contributed by atoms with van der Waals surface area (Å²) in [6, 6.07) is 1.42. The molecule has 0 aromatic heterocycles. The van der Waals surface area contributed by atoms with Gasteiger partial charge in [-0.15, -0.1) is 0 Å². The molecular formula is C17H37N3. The molecule has 1 N–H and O–H groups in total. The predicted octanol–water partition coefficient (Wildman–Crippen LogP) is 2.96. The van der Waals surface area contributed by atoms with Gasteiger partial charge in [-0.05, 0) is 58.9 Å². The predicted molar refractivity (Wildman–Crippen MR) is 89.4 cm³/mol. The first kappa shape index (κ1) is 17.9. The van der Waals surface area contributed by atoms with Crippen molar-refractivity contribution in [1.29, 1.82) is 0 Å². The van der Waals surface area contributed by atoms with Gasteiger partial charge in [-0.2, -0.15) is 0 Å². The molecule has 1 aliphatic rings. The van der Waals surface area contributed by atoms with Crippen LogP contribution in [0.25, 0.3) is 0 Å². The van der Waals surface area contributed by atoms with Crippen molar-refractivity contribution < 1.29 is 0 Å². The number of likely N-dealkylation sites (N-methyl/N-ethyl adjacent to an activating group) is 1. The number of nitrogens with one attached hydrogen (secondary N) is 1. The van der Waals surface area contributed by atoms with E-state index < -0.39 is 0 Å². The van der Waals surface area contributed by atoms with Crippen molar-refractivity contribution in [3.63, 3.8) is 0 Å². The van der Waals surface area contributed by atoms with Gasteiger partial charge in [-0.1, -0.05) is 33.6 Å². The van der Waals surface area contributed by atoms with Crippen LogP contribution in [0, 0.1) is 0 Å². The molecule has 0 aromatic rings. The van der Waals surface area contributed by atoms with E-state index in [4.69, 9.17) is 0 Å². The second kappa shape index (κ2) is 10.6. The zero-order valence-corrected chi connectivity index (χ0v) is 14.3. The number of hydrogen-bond acceptors (Lipinski definition) is 3. The van der Waals surface area contributed by atoms with E-state index in [0.717, 1.165) is 6.04 Å². The molecule has 0 saturated carbocycles. The van der Waals surface area contributed by atoms with E-state index in [2.05, 4.69) is 42.9 Å². The van der Waals surface area contributed by atoms with Crippen LogP contribution in [-0.2, 0) is 0 Å². The summed E-state index contributed by atoms with van der Waals surface area (Å²) in [4.78, 5) is 5.25.